The molecule has 0 bridgehead atoms. The monoisotopic (exact) mass is 344 g/mol. The summed E-state index contributed by atoms with van der Waals surface area (Å²) >= 11 is 6.38. The van der Waals surface area contributed by atoms with E-state index in [2.05, 4.69) is 20.5 Å². The average molecular weight is 345 g/mol. The molecule has 0 saturated carbocycles. The quantitative estimate of drug-likeness (QED) is 0.642. The van der Waals surface area contributed by atoms with Gasteiger partial charge in [0.1, 0.15) is 11.6 Å². The second-order valence-electron chi connectivity index (χ2n) is 5.24. The molecule has 0 radical (unpaired) electrons. The maximum atomic E-state index is 11.2. The van der Waals surface area contributed by atoms with Crippen molar-refractivity contribution in [3.05, 3.63) is 81.0 Å². The SMILES string of the molecule is COc1cccc([C@@H](NCc2n[nH]c(=O)[nH]2)c2ccccc2Cl)c1. The van der Waals surface area contributed by atoms with Crippen LogP contribution in [0.5, 0.6) is 5.75 Å². The van der Waals surface area contributed by atoms with Gasteiger partial charge in [-0.3, -0.25) is 10.3 Å². The summed E-state index contributed by atoms with van der Waals surface area (Å²) in [4.78, 5) is 13.8. The summed E-state index contributed by atoms with van der Waals surface area (Å²) in [5, 5.41) is 10.3. The second-order valence-corrected chi connectivity index (χ2v) is 5.64. The van der Waals surface area contributed by atoms with Crippen LogP contribution in [0.2, 0.25) is 5.02 Å². The minimum atomic E-state index is -0.331. The van der Waals surface area contributed by atoms with Crippen molar-refractivity contribution in [1.29, 1.82) is 0 Å². The smallest absolute Gasteiger partial charge is 0.340 e. The van der Waals surface area contributed by atoms with Gasteiger partial charge in [-0.25, -0.2) is 9.89 Å². The third-order valence-corrected chi connectivity index (χ3v) is 4.01. The van der Waals surface area contributed by atoms with E-state index in [1.807, 2.05) is 48.5 Å². The molecule has 0 spiro atoms. The van der Waals surface area contributed by atoms with Crippen LogP contribution in [0.4, 0.5) is 0 Å². The van der Waals surface area contributed by atoms with Gasteiger partial charge in [0.15, 0.2) is 0 Å². The fourth-order valence-electron chi connectivity index (χ4n) is 2.53. The van der Waals surface area contributed by atoms with Crippen LogP contribution in [0.3, 0.4) is 0 Å². The molecule has 0 fully saturated rings. The van der Waals surface area contributed by atoms with E-state index in [0.717, 1.165) is 16.9 Å². The van der Waals surface area contributed by atoms with Gasteiger partial charge in [0.25, 0.3) is 0 Å². The largest absolute Gasteiger partial charge is 0.497 e. The maximum absolute atomic E-state index is 11.2. The summed E-state index contributed by atoms with van der Waals surface area (Å²) in [5.74, 6) is 1.29. The molecule has 6 nitrogen and oxygen atoms in total. The Labute approximate surface area is 143 Å². The molecular weight excluding hydrogens is 328 g/mol. The Morgan fingerprint density at radius 1 is 1.25 bits per heavy atom. The summed E-state index contributed by atoms with van der Waals surface area (Å²) in [6, 6.07) is 15.2. The Hall–Kier alpha value is -2.57. The normalized spacial score (nSPS) is 12.1. The lowest BCUT2D eigenvalue weighted by Gasteiger charge is -2.21. The summed E-state index contributed by atoms with van der Waals surface area (Å²) < 4.78 is 5.31. The first-order chi connectivity index (χ1) is 11.7. The van der Waals surface area contributed by atoms with E-state index in [0.29, 0.717) is 17.4 Å². The Kier molecular flexibility index (Phi) is 4.98. The molecular formula is C17H17ClN4O2. The van der Waals surface area contributed by atoms with Crippen LogP contribution in [0.15, 0.2) is 53.3 Å². The van der Waals surface area contributed by atoms with Crippen LogP contribution < -0.4 is 15.7 Å². The minimum Gasteiger partial charge on any atom is -0.497 e. The highest BCUT2D eigenvalue weighted by atomic mass is 35.5. The van der Waals surface area contributed by atoms with Crippen LogP contribution in [0.25, 0.3) is 0 Å². The summed E-state index contributed by atoms with van der Waals surface area (Å²) in [7, 11) is 1.63. The number of aromatic amines is 2. The lowest BCUT2D eigenvalue weighted by molar-refractivity contribution is 0.413. The Morgan fingerprint density at radius 2 is 2.08 bits per heavy atom. The first-order valence-corrected chi connectivity index (χ1v) is 7.80. The summed E-state index contributed by atoms with van der Waals surface area (Å²) in [5.41, 5.74) is 1.60. The van der Waals surface area contributed by atoms with Crippen molar-refractivity contribution >= 4 is 11.6 Å². The highest BCUT2D eigenvalue weighted by molar-refractivity contribution is 6.31. The number of hydrogen-bond acceptors (Lipinski definition) is 4. The number of rotatable bonds is 6. The van der Waals surface area contributed by atoms with E-state index in [-0.39, 0.29) is 11.7 Å². The van der Waals surface area contributed by atoms with Gasteiger partial charge in [0.05, 0.1) is 19.7 Å². The van der Waals surface area contributed by atoms with Gasteiger partial charge in [-0.15, -0.1) is 0 Å². The van der Waals surface area contributed by atoms with Gasteiger partial charge >= 0.3 is 5.69 Å². The van der Waals surface area contributed by atoms with Gasteiger partial charge in [-0.2, -0.15) is 5.10 Å². The molecule has 0 saturated heterocycles. The molecule has 1 aromatic heterocycles. The molecule has 2 aromatic carbocycles. The van der Waals surface area contributed by atoms with E-state index in [9.17, 15) is 4.79 Å². The number of aromatic nitrogens is 3. The van der Waals surface area contributed by atoms with Gasteiger partial charge in [-0.05, 0) is 29.3 Å². The molecule has 0 aliphatic heterocycles. The number of ether oxygens (including phenoxy) is 1. The number of nitrogens with one attached hydrogen (secondary N) is 3. The van der Waals surface area contributed by atoms with Crippen molar-refractivity contribution < 1.29 is 4.74 Å². The lowest BCUT2D eigenvalue weighted by Crippen LogP contribution is -2.23. The Balaban J connectivity index is 1.93. The van der Waals surface area contributed by atoms with Crippen LogP contribution >= 0.6 is 11.6 Å². The number of halogens is 1. The zero-order valence-electron chi connectivity index (χ0n) is 13.0. The van der Waals surface area contributed by atoms with Crippen molar-refractivity contribution in [1.82, 2.24) is 20.5 Å². The molecule has 0 aliphatic carbocycles. The van der Waals surface area contributed by atoms with Crippen LogP contribution in [0.1, 0.15) is 23.0 Å². The minimum absolute atomic E-state index is 0.172. The van der Waals surface area contributed by atoms with Gasteiger partial charge < -0.3 is 4.74 Å². The van der Waals surface area contributed by atoms with E-state index in [1.54, 1.807) is 7.11 Å². The number of H-pyrrole nitrogens is 2. The third-order valence-electron chi connectivity index (χ3n) is 3.67. The molecule has 0 amide bonds. The Bertz CT molecular complexity index is 875. The molecule has 3 rings (SSSR count). The average Bonchev–Trinajstić information content (AvgIpc) is 3.02. The highest BCUT2D eigenvalue weighted by Gasteiger charge is 2.17. The first-order valence-electron chi connectivity index (χ1n) is 7.42. The molecule has 3 N–H and O–H groups in total. The molecule has 1 atom stereocenters. The van der Waals surface area contributed by atoms with E-state index in [4.69, 9.17) is 16.3 Å². The molecule has 0 aliphatic rings. The standard InChI is InChI=1S/C17H17ClN4O2/c1-24-12-6-4-5-11(9-12)16(13-7-2-3-8-14(13)18)19-10-15-20-17(23)22-21-15/h2-9,16,19H,10H2,1H3,(H2,20,21,22,23)/t16-/m1/s1. The van der Waals surface area contributed by atoms with E-state index < -0.39 is 0 Å². The number of benzene rings is 2. The summed E-state index contributed by atoms with van der Waals surface area (Å²) in [6.45, 7) is 0.381. The summed E-state index contributed by atoms with van der Waals surface area (Å²) in [6.07, 6.45) is 0. The molecule has 124 valence electrons. The zero-order valence-corrected chi connectivity index (χ0v) is 13.8. The Morgan fingerprint density at radius 3 is 2.79 bits per heavy atom. The highest BCUT2D eigenvalue weighted by Crippen LogP contribution is 2.30. The topological polar surface area (TPSA) is 82.8 Å². The van der Waals surface area contributed by atoms with Crippen LogP contribution in [-0.4, -0.2) is 22.3 Å². The van der Waals surface area contributed by atoms with Gasteiger partial charge in [-0.1, -0.05) is 41.9 Å². The fourth-order valence-corrected chi connectivity index (χ4v) is 2.77. The number of hydrogen-bond donors (Lipinski definition) is 3. The van der Waals surface area contributed by atoms with Crippen molar-refractivity contribution in [2.24, 2.45) is 0 Å². The molecule has 0 unspecified atom stereocenters. The predicted molar refractivity (Wildman–Crippen MR) is 92.3 cm³/mol. The predicted octanol–water partition coefficient (Wildman–Crippen LogP) is 2.64. The zero-order chi connectivity index (χ0) is 16.9. The molecule has 7 heteroatoms. The molecule has 3 aromatic rings. The molecule has 1 heterocycles. The molecule has 24 heavy (non-hydrogen) atoms. The van der Waals surface area contributed by atoms with Crippen molar-refractivity contribution in [2.75, 3.05) is 7.11 Å². The maximum Gasteiger partial charge on any atom is 0.340 e. The number of nitrogens with zero attached hydrogens (tertiary/aromatic N) is 1. The van der Waals surface area contributed by atoms with Crippen LogP contribution in [0, 0.1) is 0 Å². The third kappa shape index (κ3) is 3.67. The van der Waals surface area contributed by atoms with Crippen molar-refractivity contribution in [3.63, 3.8) is 0 Å². The first kappa shape index (κ1) is 16.3. The van der Waals surface area contributed by atoms with E-state index >= 15 is 0 Å². The fraction of sp³-hybridized carbons (Fsp3) is 0.176. The lowest BCUT2D eigenvalue weighted by atomic mass is 9.98. The van der Waals surface area contributed by atoms with Gasteiger partial charge in [0.2, 0.25) is 0 Å². The van der Waals surface area contributed by atoms with Crippen molar-refractivity contribution in [2.45, 2.75) is 12.6 Å². The second kappa shape index (κ2) is 7.33. The van der Waals surface area contributed by atoms with Crippen LogP contribution in [-0.2, 0) is 6.54 Å². The van der Waals surface area contributed by atoms with E-state index in [1.165, 1.54) is 0 Å². The van der Waals surface area contributed by atoms with Crippen molar-refractivity contribution in [3.8, 4) is 5.75 Å². The van der Waals surface area contributed by atoms with Gasteiger partial charge in [0, 0.05) is 5.02 Å². The number of methoxy groups -OCH3 is 1.